The summed E-state index contributed by atoms with van der Waals surface area (Å²) >= 11 is 0. The molecule has 0 aromatic heterocycles. The molecule has 0 bridgehead atoms. The minimum Gasteiger partial charge on any atom is -0.272 e. The lowest BCUT2D eigenvalue weighted by atomic mass is 10.2. The van der Waals surface area contributed by atoms with E-state index in [1.165, 1.54) is 17.1 Å². The van der Waals surface area contributed by atoms with Gasteiger partial charge in [0, 0.05) is 18.2 Å². The van der Waals surface area contributed by atoms with Crippen LogP contribution in [0.3, 0.4) is 0 Å². The zero-order chi connectivity index (χ0) is 9.14. The molecule has 1 atom stereocenters. The first kappa shape index (κ1) is 8.71. The van der Waals surface area contributed by atoms with Crippen molar-refractivity contribution in [1.29, 1.82) is 0 Å². The molecule has 0 aromatic carbocycles. The molecule has 1 rings (SSSR count). The van der Waals surface area contributed by atoms with Crippen molar-refractivity contribution in [1.82, 2.24) is 4.90 Å². The van der Waals surface area contributed by atoms with Crippen molar-refractivity contribution in [2.45, 2.75) is 19.4 Å². The van der Waals surface area contributed by atoms with Gasteiger partial charge in [0.15, 0.2) is 0 Å². The Kier molecular flexibility index (Phi) is 2.43. The number of hydrogen-bond donors (Lipinski definition) is 0. The minimum atomic E-state index is -0.227. The molecule has 0 N–H and O–H groups in total. The van der Waals surface area contributed by atoms with Crippen LogP contribution in [-0.2, 0) is 9.59 Å². The number of imide groups is 1. The Morgan fingerprint density at radius 1 is 1.50 bits per heavy atom. The predicted molar refractivity (Wildman–Crippen MR) is 45.3 cm³/mol. The van der Waals surface area contributed by atoms with Gasteiger partial charge in [-0.2, -0.15) is 0 Å². The van der Waals surface area contributed by atoms with Gasteiger partial charge in [-0.1, -0.05) is 6.08 Å². The summed E-state index contributed by atoms with van der Waals surface area (Å²) in [6, 6.07) is -0.0856. The van der Waals surface area contributed by atoms with Crippen LogP contribution in [0.5, 0.6) is 0 Å². The Morgan fingerprint density at radius 3 is 2.42 bits per heavy atom. The van der Waals surface area contributed by atoms with Crippen LogP contribution in [0.25, 0.3) is 0 Å². The van der Waals surface area contributed by atoms with Crippen molar-refractivity contribution >= 4 is 11.8 Å². The number of rotatable bonds is 3. The topological polar surface area (TPSA) is 37.4 Å². The third-order valence-corrected chi connectivity index (χ3v) is 1.79. The van der Waals surface area contributed by atoms with Gasteiger partial charge in [0.1, 0.15) is 0 Å². The lowest BCUT2D eigenvalue weighted by molar-refractivity contribution is -0.138. The highest BCUT2D eigenvalue weighted by Crippen LogP contribution is 2.11. The van der Waals surface area contributed by atoms with Gasteiger partial charge in [-0.3, -0.25) is 14.5 Å². The third kappa shape index (κ3) is 1.44. The van der Waals surface area contributed by atoms with Crippen LogP contribution >= 0.6 is 0 Å². The van der Waals surface area contributed by atoms with E-state index < -0.39 is 0 Å². The zero-order valence-corrected chi connectivity index (χ0v) is 6.99. The van der Waals surface area contributed by atoms with Crippen molar-refractivity contribution in [3.8, 4) is 0 Å². The van der Waals surface area contributed by atoms with Crippen LogP contribution in [-0.4, -0.2) is 22.8 Å². The third-order valence-electron chi connectivity index (χ3n) is 1.79. The number of nitrogens with zero attached hydrogens (tertiary/aromatic N) is 1. The van der Waals surface area contributed by atoms with E-state index in [1.54, 1.807) is 6.08 Å². The van der Waals surface area contributed by atoms with E-state index in [9.17, 15) is 9.59 Å². The molecule has 0 saturated heterocycles. The molecule has 1 unspecified atom stereocenters. The van der Waals surface area contributed by atoms with Gasteiger partial charge >= 0.3 is 0 Å². The van der Waals surface area contributed by atoms with Crippen LogP contribution in [0.1, 0.15) is 13.3 Å². The summed E-state index contributed by atoms with van der Waals surface area (Å²) in [4.78, 5) is 23.4. The Labute approximate surface area is 71.4 Å². The second-order valence-electron chi connectivity index (χ2n) is 2.75. The smallest absolute Gasteiger partial charge is 0.253 e. The van der Waals surface area contributed by atoms with Gasteiger partial charge in [0.05, 0.1) is 0 Å². The summed E-state index contributed by atoms with van der Waals surface area (Å²) < 4.78 is 0. The molecule has 2 amide bonds. The molecule has 3 nitrogen and oxygen atoms in total. The Morgan fingerprint density at radius 2 is 2.00 bits per heavy atom. The van der Waals surface area contributed by atoms with Crippen LogP contribution < -0.4 is 0 Å². The normalized spacial score (nSPS) is 18.6. The minimum absolute atomic E-state index is 0.0856. The van der Waals surface area contributed by atoms with Gasteiger partial charge in [-0.05, 0) is 13.3 Å². The molecule has 1 aliphatic heterocycles. The Balaban J connectivity index is 2.68. The van der Waals surface area contributed by atoms with Crippen LogP contribution in [0.4, 0.5) is 0 Å². The molecule has 0 radical (unpaired) electrons. The van der Waals surface area contributed by atoms with E-state index in [-0.39, 0.29) is 17.9 Å². The second-order valence-corrected chi connectivity index (χ2v) is 2.75. The highest BCUT2D eigenvalue weighted by molar-refractivity contribution is 6.13. The van der Waals surface area contributed by atoms with E-state index in [1.807, 2.05) is 6.92 Å². The molecule has 64 valence electrons. The molecule has 0 aliphatic carbocycles. The number of hydrogen-bond acceptors (Lipinski definition) is 2. The van der Waals surface area contributed by atoms with Gasteiger partial charge < -0.3 is 0 Å². The van der Waals surface area contributed by atoms with E-state index >= 15 is 0 Å². The molecule has 1 aliphatic rings. The maximum absolute atomic E-state index is 11.1. The van der Waals surface area contributed by atoms with Crippen molar-refractivity contribution in [2.75, 3.05) is 0 Å². The summed E-state index contributed by atoms with van der Waals surface area (Å²) in [6.45, 7) is 5.38. The molecule has 12 heavy (non-hydrogen) atoms. The monoisotopic (exact) mass is 165 g/mol. The predicted octanol–water partition coefficient (Wildman–Crippen LogP) is 0.876. The Bertz CT molecular complexity index is 237. The zero-order valence-electron chi connectivity index (χ0n) is 6.99. The van der Waals surface area contributed by atoms with Gasteiger partial charge in [-0.15, -0.1) is 6.58 Å². The number of amides is 2. The van der Waals surface area contributed by atoms with E-state index in [0.717, 1.165) is 0 Å². The maximum Gasteiger partial charge on any atom is 0.253 e. The molecule has 0 saturated carbocycles. The summed E-state index contributed by atoms with van der Waals surface area (Å²) in [7, 11) is 0. The second kappa shape index (κ2) is 3.34. The maximum atomic E-state index is 11.1. The average Bonchev–Trinajstić information content (AvgIpc) is 2.32. The average molecular weight is 165 g/mol. The Hall–Kier alpha value is -1.38. The van der Waals surface area contributed by atoms with E-state index in [0.29, 0.717) is 6.42 Å². The van der Waals surface area contributed by atoms with Gasteiger partial charge in [0.25, 0.3) is 11.8 Å². The summed E-state index contributed by atoms with van der Waals surface area (Å²) in [5, 5.41) is 0. The standard InChI is InChI=1S/C9H11NO2/c1-3-4-7(2)10-8(11)5-6-9(10)12/h3,5-7H,1,4H2,2H3. The van der Waals surface area contributed by atoms with Crippen LogP contribution in [0, 0.1) is 0 Å². The quantitative estimate of drug-likeness (QED) is 0.459. The van der Waals surface area contributed by atoms with Crippen molar-refractivity contribution in [3.05, 3.63) is 24.8 Å². The summed E-state index contributed by atoms with van der Waals surface area (Å²) in [6.07, 6.45) is 4.92. The largest absolute Gasteiger partial charge is 0.272 e. The van der Waals surface area contributed by atoms with Crippen molar-refractivity contribution in [3.63, 3.8) is 0 Å². The number of carbonyl (C=O) groups excluding carboxylic acids is 2. The van der Waals surface area contributed by atoms with Gasteiger partial charge in [0.2, 0.25) is 0 Å². The molecule has 0 fully saturated rings. The molecule has 0 spiro atoms. The first-order chi connectivity index (χ1) is 5.66. The molecular weight excluding hydrogens is 154 g/mol. The summed E-state index contributed by atoms with van der Waals surface area (Å²) in [5.41, 5.74) is 0. The molecule has 3 heteroatoms. The molecular formula is C9H11NO2. The van der Waals surface area contributed by atoms with E-state index in [4.69, 9.17) is 0 Å². The van der Waals surface area contributed by atoms with Gasteiger partial charge in [-0.25, -0.2) is 0 Å². The lowest BCUT2D eigenvalue weighted by Crippen LogP contribution is -2.37. The van der Waals surface area contributed by atoms with Crippen LogP contribution in [0.15, 0.2) is 24.8 Å². The number of carbonyl (C=O) groups is 2. The fourth-order valence-corrected chi connectivity index (χ4v) is 1.19. The molecule has 1 heterocycles. The van der Waals surface area contributed by atoms with Crippen LogP contribution in [0.2, 0.25) is 0 Å². The van der Waals surface area contributed by atoms with E-state index in [2.05, 4.69) is 6.58 Å². The summed E-state index contributed by atoms with van der Waals surface area (Å²) in [5.74, 6) is -0.455. The highest BCUT2D eigenvalue weighted by Gasteiger charge is 2.27. The van der Waals surface area contributed by atoms with Crippen molar-refractivity contribution < 1.29 is 9.59 Å². The highest BCUT2D eigenvalue weighted by atomic mass is 16.2. The van der Waals surface area contributed by atoms with Crippen molar-refractivity contribution in [2.24, 2.45) is 0 Å². The lowest BCUT2D eigenvalue weighted by Gasteiger charge is -2.20. The fraction of sp³-hybridized carbons (Fsp3) is 0.333. The molecule has 0 aromatic rings. The first-order valence-electron chi connectivity index (χ1n) is 3.83. The fourth-order valence-electron chi connectivity index (χ4n) is 1.19. The SMILES string of the molecule is C=CCC(C)N1C(=O)C=CC1=O. The first-order valence-corrected chi connectivity index (χ1v) is 3.83.